The van der Waals surface area contributed by atoms with Gasteiger partial charge in [-0.3, -0.25) is 0 Å². The van der Waals surface area contributed by atoms with Gasteiger partial charge < -0.3 is 5.32 Å². The van der Waals surface area contributed by atoms with Gasteiger partial charge in [0.15, 0.2) is 0 Å². The van der Waals surface area contributed by atoms with Crippen molar-refractivity contribution in [3.8, 4) is 0 Å². The Morgan fingerprint density at radius 1 is 1.67 bits per heavy atom. The molecule has 0 saturated carbocycles. The lowest BCUT2D eigenvalue weighted by Crippen LogP contribution is -2.13. The molecular weight excluding hydrogens is 228 g/mol. The number of halogens is 1. The zero-order valence-corrected chi connectivity index (χ0v) is 10.8. The van der Waals surface area contributed by atoms with Crippen molar-refractivity contribution in [1.82, 2.24) is 10.3 Å². The Morgan fingerprint density at radius 3 is 3.00 bits per heavy atom. The molecule has 0 unspecified atom stereocenters. The molecule has 2 nitrogen and oxygen atoms in total. The number of nitrogens with zero attached hydrogens (tertiary/aromatic N) is 1. The lowest BCUT2D eigenvalue weighted by atomic mass is 10.1. The monoisotopic (exact) mass is 244 g/mol. The van der Waals surface area contributed by atoms with Crippen LogP contribution >= 0.6 is 22.9 Å². The van der Waals surface area contributed by atoms with Crippen molar-refractivity contribution in [2.24, 2.45) is 5.92 Å². The van der Waals surface area contributed by atoms with Crippen LogP contribution in [0.2, 0.25) is 0 Å². The molecule has 84 valence electrons. The van der Waals surface area contributed by atoms with E-state index in [4.69, 9.17) is 11.6 Å². The van der Waals surface area contributed by atoms with Crippen LogP contribution in [0.1, 0.15) is 23.7 Å². The van der Waals surface area contributed by atoms with Gasteiger partial charge in [-0.25, -0.2) is 4.98 Å². The molecule has 1 aromatic rings. The molecule has 0 saturated heterocycles. The predicted octanol–water partition coefficient (Wildman–Crippen LogP) is 3.18. The number of hydrogen-bond donors (Lipinski definition) is 1. The van der Waals surface area contributed by atoms with E-state index in [1.165, 1.54) is 9.88 Å². The van der Waals surface area contributed by atoms with Crippen LogP contribution < -0.4 is 5.32 Å². The molecule has 0 aliphatic rings. The van der Waals surface area contributed by atoms with Gasteiger partial charge in [-0.1, -0.05) is 32.0 Å². The van der Waals surface area contributed by atoms with E-state index in [1.807, 2.05) is 6.20 Å². The highest BCUT2D eigenvalue weighted by Gasteiger charge is 2.03. The molecule has 0 atom stereocenters. The summed E-state index contributed by atoms with van der Waals surface area (Å²) < 4.78 is 0. The van der Waals surface area contributed by atoms with E-state index in [0.29, 0.717) is 17.5 Å². The van der Waals surface area contributed by atoms with Crippen molar-refractivity contribution in [3.63, 3.8) is 0 Å². The molecular formula is C11H17ClN2S. The Morgan fingerprint density at radius 2 is 2.40 bits per heavy atom. The minimum absolute atomic E-state index is 0.641. The molecule has 0 amide bonds. The molecule has 1 heterocycles. The Labute approximate surface area is 100 Å². The number of aromatic nitrogens is 1. The van der Waals surface area contributed by atoms with Crippen molar-refractivity contribution >= 4 is 22.9 Å². The molecule has 0 aliphatic heterocycles. The number of rotatable bonds is 6. The maximum atomic E-state index is 5.65. The summed E-state index contributed by atoms with van der Waals surface area (Å²) in [5.41, 5.74) is 0. The lowest BCUT2D eigenvalue weighted by Gasteiger charge is -2.00. The Hall–Kier alpha value is -0.380. The number of nitrogens with one attached hydrogen (secondary N) is 1. The molecule has 0 spiro atoms. The van der Waals surface area contributed by atoms with Crippen molar-refractivity contribution < 1.29 is 0 Å². The predicted molar refractivity (Wildman–Crippen MR) is 67.4 cm³/mol. The van der Waals surface area contributed by atoms with Gasteiger partial charge in [0.1, 0.15) is 0 Å². The standard InChI is InChI=1S/C11H17ClN2S/c1-8(2)4-11-14-7-10(15-11)6-13-5-9(3)12/h7-8,13H,3-6H2,1-2H3. The van der Waals surface area contributed by atoms with E-state index in [2.05, 4.69) is 30.7 Å². The smallest absolute Gasteiger partial charge is 0.0930 e. The first-order valence-corrected chi connectivity index (χ1v) is 6.25. The van der Waals surface area contributed by atoms with Gasteiger partial charge >= 0.3 is 0 Å². The second-order valence-corrected chi connectivity index (χ2v) is 5.67. The fraction of sp³-hybridized carbons (Fsp3) is 0.545. The average Bonchev–Trinajstić information content (AvgIpc) is 2.50. The van der Waals surface area contributed by atoms with E-state index >= 15 is 0 Å². The minimum Gasteiger partial charge on any atom is -0.307 e. The summed E-state index contributed by atoms with van der Waals surface area (Å²) in [5, 5.41) is 5.06. The topological polar surface area (TPSA) is 24.9 Å². The van der Waals surface area contributed by atoms with E-state index in [1.54, 1.807) is 11.3 Å². The Bertz CT molecular complexity index is 320. The Kier molecular flexibility index (Phi) is 5.29. The summed E-state index contributed by atoms with van der Waals surface area (Å²) in [5.74, 6) is 0.666. The van der Waals surface area contributed by atoms with Gasteiger partial charge in [0.2, 0.25) is 0 Å². The van der Waals surface area contributed by atoms with Gasteiger partial charge in [-0.15, -0.1) is 11.3 Å². The van der Waals surface area contributed by atoms with Crippen LogP contribution in [0.25, 0.3) is 0 Å². The van der Waals surface area contributed by atoms with Gasteiger partial charge in [-0.05, 0) is 5.92 Å². The molecule has 0 bridgehead atoms. The first-order chi connectivity index (χ1) is 7.08. The van der Waals surface area contributed by atoms with Crippen LogP contribution in [0.3, 0.4) is 0 Å². The second-order valence-electron chi connectivity index (χ2n) is 3.94. The van der Waals surface area contributed by atoms with E-state index in [0.717, 1.165) is 13.0 Å². The number of thiazole rings is 1. The third-order valence-electron chi connectivity index (χ3n) is 1.80. The van der Waals surface area contributed by atoms with Crippen molar-refractivity contribution in [3.05, 3.63) is 27.7 Å². The maximum Gasteiger partial charge on any atom is 0.0930 e. The van der Waals surface area contributed by atoms with Crippen LogP contribution in [0.15, 0.2) is 17.8 Å². The highest BCUT2D eigenvalue weighted by molar-refractivity contribution is 7.11. The Balaban J connectivity index is 2.36. The first-order valence-electron chi connectivity index (χ1n) is 5.05. The van der Waals surface area contributed by atoms with Gasteiger partial charge in [0.25, 0.3) is 0 Å². The average molecular weight is 245 g/mol. The molecule has 0 fully saturated rings. The van der Waals surface area contributed by atoms with Crippen LogP contribution in [0, 0.1) is 5.92 Å². The summed E-state index contributed by atoms with van der Waals surface area (Å²) in [6, 6.07) is 0. The van der Waals surface area contributed by atoms with Gasteiger partial charge in [0, 0.05) is 35.6 Å². The third-order valence-corrected chi connectivity index (χ3v) is 2.95. The van der Waals surface area contributed by atoms with Crippen LogP contribution in [-0.2, 0) is 13.0 Å². The zero-order chi connectivity index (χ0) is 11.3. The van der Waals surface area contributed by atoms with E-state index in [-0.39, 0.29) is 0 Å². The molecule has 1 rings (SSSR count). The highest BCUT2D eigenvalue weighted by atomic mass is 35.5. The third kappa shape index (κ3) is 5.30. The summed E-state index contributed by atoms with van der Waals surface area (Å²) in [6.07, 6.45) is 3.00. The van der Waals surface area contributed by atoms with Crippen molar-refractivity contribution in [2.45, 2.75) is 26.8 Å². The van der Waals surface area contributed by atoms with Crippen LogP contribution in [0.5, 0.6) is 0 Å². The summed E-state index contributed by atoms with van der Waals surface area (Å²) in [6.45, 7) is 9.50. The fourth-order valence-electron chi connectivity index (χ4n) is 1.19. The van der Waals surface area contributed by atoms with Crippen LogP contribution in [0.4, 0.5) is 0 Å². The molecule has 0 radical (unpaired) electrons. The zero-order valence-electron chi connectivity index (χ0n) is 9.22. The number of hydrogen-bond acceptors (Lipinski definition) is 3. The van der Waals surface area contributed by atoms with E-state index < -0.39 is 0 Å². The molecule has 1 N–H and O–H groups in total. The molecule has 4 heteroatoms. The van der Waals surface area contributed by atoms with Gasteiger partial charge in [-0.2, -0.15) is 0 Å². The first kappa shape index (κ1) is 12.7. The molecule has 1 aromatic heterocycles. The van der Waals surface area contributed by atoms with E-state index in [9.17, 15) is 0 Å². The van der Waals surface area contributed by atoms with Crippen molar-refractivity contribution in [2.75, 3.05) is 6.54 Å². The molecule has 15 heavy (non-hydrogen) atoms. The minimum atomic E-state index is 0.641. The molecule has 0 aliphatic carbocycles. The normalized spacial score (nSPS) is 10.9. The largest absolute Gasteiger partial charge is 0.307 e. The summed E-state index contributed by atoms with van der Waals surface area (Å²) in [7, 11) is 0. The van der Waals surface area contributed by atoms with Crippen molar-refractivity contribution in [1.29, 1.82) is 0 Å². The summed E-state index contributed by atoms with van der Waals surface area (Å²) >= 11 is 7.42. The maximum absolute atomic E-state index is 5.65. The highest BCUT2D eigenvalue weighted by Crippen LogP contribution is 2.16. The second kappa shape index (κ2) is 6.26. The molecule has 0 aromatic carbocycles. The lowest BCUT2D eigenvalue weighted by molar-refractivity contribution is 0.644. The fourth-order valence-corrected chi connectivity index (χ4v) is 2.39. The summed E-state index contributed by atoms with van der Waals surface area (Å²) in [4.78, 5) is 5.63. The van der Waals surface area contributed by atoms with Gasteiger partial charge in [0.05, 0.1) is 5.01 Å². The van der Waals surface area contributed by atoms with Crippen LogP contribution in [-0.4, -0.2) is 11.5 Å². The quantitative estimate of drug-likeness (QED) is 0.832. The SMILES string of the molecule is C=C(Cl)CNCc1cnc(CC(C)C)s1.